The van der Waals surface area contributed by atoms with Crippen molar-refractivity contribution in [3.8, 4) is 0 Å². The number of rotatable bonds is 4. The number of hydrogen-bond acceptors (Lipinski definition) is 2. The van der Waals surface area contributed by atoms with E-state index in [1.54, 1.807) is 6.07 Å². The lowest BCUT2D eigenvalue weighted by molar-refractivity contribution is 0.415. The Morgan fingerprint density at radius 1 is 1.32 bits per heavy atom. The van der Waals surface area contributed by atoms with E-state index < -0.39 is 0 Å². The first-order valence-corrected chi connectivity index (χ1v) is 6.88. The summed E-state index contributed by atoms with van der Waals surface area (Å²) in [6, 6.07) is 4.86. The summed E-state index contributed by atoms with van der Waals surface area (Å²) in [5.74, 6) is 0.939. The van der Waals surface area contributed by atoms with E-state index in [1.165, 1.54) is 12.1 Å². The van der Waals surface area contributed by atoms with Crippen LogP contribution < -0.4 is 5.73 Å². The van der Waals surface area contributed by atoms with Crippen LogP contribution in [0, 0.1) is 11.7 Å². The van der Waals surface area contributed by atoms with Gasteiger partial charge in [0.05, 0.1) is 17.1 Å². The van der Waals surface area contributed by atoms with Crippen LogP contribution in [0.25, 0.3) is 11.0 Å². The van der Waals surface area contributed by atoms with Gasteiger partial charge >= 0.3 is 0 Å². The molecular formula is C15H22FN3. The zero-order valence-corrected chi connectivity index (χ0v) is 12.0. The third-order valence-electron chi connectivity index (χ3n) is 3.75. The third-order valence-corrected chi connectivity index (χ3v) is 3.75. The Bertz CT molecular complexity index is 574. The molecule has 19 heavy (non-hydrogen) atoms. The first-order chi connectivity index (χ1) is 8.95. The highest BCUT2D eigenvalue weighted by atomic mass is 19.1. The molecule has 3 nitrogen and oxygen atoms in total. The van der Waals surface area contributed by atoms with Crippen LogP contribution in [-0.2, 0) is 0 Å². The largest absolute Gasteiger partial charge is 0.324 e. The van der Waals surface area contributed by atoms with E-state index in [1.807, 2.05) is 0 Å². The molecule has 0 saturated carbocycles. The maximum Gasteiger partial charge on any atom is 0.127 e. The van der Waals surface area contributed by atoms with Crippen molar-refractivity contribution in [3.63, 3.8) is 0 Å². The molecule has 0 spiro atoms. The highest BCUT2D eigenvalue weighted by Gasteiger charge is 2.22. The van der Waals surface area contributed by atoms with Crippen molar-refractivity contribution in [2.45, 2.75) is 46.2 Å². The molecule has 1 heterocycles. The monoisotopic (exact) mass is 263 g/mol. The van der Waals surface area contributed by atoms with Crippen LogP contribution in [0.1, 0.15) is 52.0 Å². The van der Waals surface area contributed by atoms with Crippen LogP contribution in [0.3, 0.4) is 0 Å². The summed E-state index contributed by atoms with van der Waals surface area (Å²) in [6.45, 7) is 8.43. The van der Waals surface area contributed by atoms with Crippen molar-refractivity contribution in [2.24, 2.45) is 11.7 Å². The predicted molar refractivity (Wildman–Crippen MR) is 76.5 cm³/mol. The van der Waals surface area contributed by atoms with Gasteiger partial charge in [0.2, 0.25) is 0 Å². The van der Waals surface area contributed by atoms with Crippen LogP contribution in [0.5, 0.6) is 0 Å². The highest BCUT2D eigenvalue weighted by molar-refractivity contribution is 5.76. The van der Waals surface area contributed by atoms with Gasteiger partial charge in [-0.2, -0.15) is 0 Å². The SMILES string of the molecule is CCC(C)C(N)c1nc2cc(F)ccc2n1C(C)C. The highest BCUT2D eigenvalue weighted by Crippen LogP contribution is 2.28. The average molecular weight is 263 g/mol. The predicted octanol–water partition coefficient (Wildman–Crippen LogP) is 3.80. The number of hydrogen-bond donors (Lipinski definition) is 1. The van der Waals surface area contributed by atoms with Gasteiger partial charge in [-0.3, -0.25) is 0 Å². The first kappa shape index (κ1) is 14.0. The Morgan fingerprint density at radius 3 is 2.58 bits per heavy atom. The quantitative estimate of drug-likeness (QED) is 0.911. The molecule has 0 aliphatic carbocycles. The molecule has 0 aliphatic heterocycles. The van der Waals surface area contributed by atoms with Gasteiger partial charge in [0.1, 0.15) is 11.6 Å². The average Bonchev–Trinajstić information content (AvgIpc) is 2.75. The summed E-state index contributed by atoms with van der Waals surface area (Å²) < 4.78 is 15.4. The number of nitrogens with zero attached hydrogens (tertiary/aromatic N) is 2. The summed E-state index contributed by atoms with van der Waals surface area (Å²) in [6.07, 6.45) is 0.997. The Kier molecular flexibility index (Phi) is 3.90. The molecule has 1 aromatic carbocycles. The van der Waals surface area contributed by atoms with Crippen molar-refractivity contribution in [1.82, 2.24) is 9.55 Å². The molecule has 0 fully saturated rings. The van der Waals surface area contributed by atoms with E-state index in [-0.39, 0.29) is 17.9 Å². The Hall–Kier alpha value is -1.42. The van der Waals surface area contributed by atoms with Crippen molar-refractivity contribution in [2.75, 3.05) is 0 Å². The third kappa shape index (κ3) is 2.50. The lowest BCUT2D eigenvalue weighted by atomic mass is 9.99. The molecule has 0 bridgehead atoms. The molecule has 4 heteroatoms. The smallest absolute Gasteiger partial charge is 0.127 e. The molecule has 2 rings (SSSR count). The van der Waals surface area contributed by atoms with Gasteiger partial charge in [-0.1, -0.05) is 20.3 Å². The molecule has 0 amide bonds. The van der Waals surface area contributed by atoms with Gasteiger partial charge in [-0.05, 0) is 31.9 Å². The van der Waals surface area contributed by atoms with Gasteiger partial charge in [-0.25, -0.2) is 9.37 Å². The van der Waals surface area contributed by atoms with Crippen molar-refractivity contribution in [1.29, 1.82) is 0 Å². The van der Waals surface area contributed by atoms with Crippen LogP contribution in [-0.4, -0.2) is 9.55 Å². The molecule has 0 radical (unpaired) electrons. The number of imidazole rings is 1. The summed E-state index contributed by atoms with van der Waals surface area (Å²) in [4.78, 5) is 4.56. The van der Waals surface area contributed by atoms with E-state index in [0.29, 0.717) is 11.4 Å². The molecule has 0 aliphatic rings. The van der Waals surface area contributed by atoms with Gasteiger partial charge in [0.25, 0.3) is 0 Å². The van der Waals surface area contributed by atoms with Gasteiger partial charge in [0.15, 0.2) is 0 Å². The van der Waals surface area contributed by atoms with Crippen LogP contribution in [0.2, 0.25) is 0 Å². The van der Waals surface area contributed by atoms with Gasteiger partial charge in [-0.15, -0.1) is 0 Å². The number of benzene rings is 1. The molecule has 1 aromatic heterocycles. The van der Waals surface area contributed by atoms with Crippen molar-refractivity contribution >= 4 is 11.0 Å². The number of aromatic nitrogens is 2. The molecule has 0 saturated heterocycles. The zero-order valence-electron chi connectivity index (χ0n) is 12.0. The molecule has 2 atom stereocenters. The fourth-order valence-corrected chi connectivity index (χ4v) is 2.38. The summed E-state index contributed by atoms with van der Waals surface area (Å²) >= 11 is 0. The second kappa shape index (κ2) is 5.29. The van der Waals surface area contributed by atoms with Gasteiger partial charge in [0, 0.05) is 12.1 Å². The van der Waals surface area contributed by atoms with E-state index in [2.05, 4.69) is 37.2 Å². The lowest BCUT2D eigenvalue weighted by Gasteiger charge is -2.21. The topological polar surface area (TPSA) is 43.8 Å². The van der Waals surface area contributed by atoms with E-state index in [4.69, 9.17) is 5.73 Å². The standard InChI is InChI=1S/C15H22FN3/c1-5-10(4)14(17)15-18-12-8-11(16)6-7-13(12)19(15)9(2)3/h6-10,14H,5,17H2,1-4H3. The normalized spacial score (nSPS) is 15.1. The molecule has 2 N–H and O–H groups in total. The van der Waals surface area contributed by atoms with E-state index >= 15 is 0 Å². The Balaban J connectivity index is 2.62. The van der Waals surface area contributed by atoms with Crippen LogP contribution >= 0.6 is 0 Å². The second-order valence-corrected chi connectivity index (χ2v) is 5.48. The van der Waals surface area contributed by atoms with E-state index in [9.17, 15) is 4.39 Å². The maximum atomic E-state index is 13.3. The Morgan fingerprint density at radius 2 is 2.00 bits per heavy atom. The second-order valence-electron chi connectivity index (χ2n) is 5.48. The number of fused-ring (bicyclic) bond motifs is 1. The summed E-state index contributed by atoms with van der Waals surface area (Å²) in [5, 5.41) is 0. The van der Waals surface area contributed by atoms with Crippen molar-refractivity contribution < 1.29 is 4.39 Å². The fraction of sp³-hybridized carbons (Fsp3) is 0.533. The number of halogens is 1. The van der Waals surface area contributed by atoms with Crippen LogP contribution in [0.4, 0.5) is 4.39 Å². The van der Waals surface area contributed by atoms with E-state index in [0.717, 1.165) is 17.8 Å². The van der Waals surface area contributed by atoms with Crippen LogP contribution in [0.15, 0.2) is 18.2 Å². The fourth-order valence-electron chi connectivity index (χ4n) is 2.38. The lowest BCUT2D eigenvalue weighted by Crippen LogP contribution is -2.23. The minimum Gasteiger partial charge on any atom is -0.324 e. The minimum atomic E-state index is -0.260. The Labute approximate surface area is 113 Å². The number of nitrogens with two attached hydrogens (primary N) is 1. The zero-order chi connectivity index (χ0) is 14.2. The van der Waals surface area contributed by atoms with Crippen molar-refractivity contribution in [3.05, 3.63) is 29.8 Å². The maximum absolute atomic E-state index is 13.3. The molecular weight excluding hydrogens is 241 g/mol. The summed E-state index contributed by atoms with van der Waals surface area (Å²) in [7, 11) is 0. The van der Waals surface area contributed by atoms with Gasteiger partial charge < -0.3 is 10.3 Å². The molecule has 2 unspecified atom stereocenters. The first-order valence-electron chi connectivity index (χ1n) is 6.88. The molecule has 104 valence electrons. The molecule has 2 aromatic rings. The minimum absolute atomic E-state index is 0.122. The summed E-state index contributed by atoms with van der Waals surface area (Å²) in [5.41, 5.74) is 7.94.